The van der Waals surface area contributed by atoms with Gasteiger partial charge in [0.05, 0.1) is 5.41 Å². The molecule has 1 aliphatic carbocycles. The maximum Gasteiger partial charge on any atom is 0.309 e. The van der Waals surface area contributed by atoms with E-state index in [0.29, 0.717) is 0 Å². The second kappa shape index (κ2) is 6.11. The van der Waals surface area contributed by atoms with Gasteiger partial charge >= 0.3 is 5.97 Å². The first-order valence-corrected chi connectivity index (χ1v) is 5.87. The smallest absolute Gasteiger partial charge is 0.309 e. The van der Waals surface area contributed by atoms with Crippen molar-refractivity contribution >= 4 is 5.97 Å². The molecule has 15 heavy (non-hydrogen) atoms. The van der Waals surface area contributed by atoms with Crippen molar-refractivity contribution in [2.24, 2.45) is 5.41 Å². The Balaban J connectivity index is 2.39. The summed E-state index contributed by atoms with van der Waals surface area (Å²) in [7, 11) is 0. The number of aliphatic hydroxyl groups is 1. The third kappa shape index (κ3) is 3.49. The Bertz CT molecular complexity index is 195. The largest absolute Gasteiger partial charge is 0.481 e. The summed E-state index contributed by atoms with van der Waals surface area (Å²) >= 11 is 0. The molecule has 0 aromatic rings. The summed E-state index contributed by atoms with van der Waals surface area (Å²) in [4.78, 5) is 11.3. The fraction of sp³-hybridized carbons (Fsp3) is 0.833. The number of aliphatic hydroxyl groups excluding tert-OH is 1. The van der Waals surface area contributed by atoms with Crippen LogP contribution in [0.4, 0.5) is 0 Å². The van der Waals surface area contributed by atoms with E-state index in [1.807, 2.05) is 0 Å². The van der Waals surface area contributed by atoms with Crippen LogP contribution in [0.2, 0.25) is 0 Å². The number of hydrogen-bond acceptors (Lipinski definition) is 2. The number of aliphatic carboxylic acids is 1. The van der Waals surface area contributed by atoms with E-state index >= 15 is 0 Å². The molecule has 1 aliphatic rings. The molecule has 2 N–H and O–H groups in total. The Kier molecular flexibility index (Phi) is 5.09. The number of carboxylic acid groups (broad SMARTS) is 1. The van der Waals surface area contributed by atoms with Crippen LogP contribution in [0.15, 0.2) is 0 Å². The third-order valence-corrected chi connectivity index (χ3v) is 3.42. The zero-order chi connectivity index (χ0) is 11.1. The van der Waals surface area contributed by atoms with Crippen molar-refractivity contribution < 1.29 is 15.0 Å². The highest BCUT2D eigenvalue weighted by molar-refractivity contribution is 5.74. The zero-order valence-electron chi connectivity index (χ0n) is 9.24. The SMILES string of the molecule is O=C(O)C1(CCCCCO)CC[CH]CC1. The fourth-order valence-corrected chi connectivity index (χ4v) is 2.35. The van der Waals surface area contributed by atoms with Crippen LogP contribution in [0.3, 0.4) is 0 Å². The fourth-order valence-electron chi connectivity index (χ4n) is 2.35. The molecule has 0 heterocycles. The van der Waals surface area contributed by atoms with Crippen LogP contribution in [-0.4, -0.2) is 22.8 Å². The maximum absolute atomic E-state index is 11.3. The average molecular weight is 213 g/mol. The molecule has 0 atom stereocenters. The molecule has 0 unspecified atom stereocenters. The van der Waals surface area contributed by atoms with E-state index in [1.54, 1.807) is 0 Å². The van der Waals surface area contributed by atoms with E-state index in [4.69, 9.17) is 5.11 Å². The highest BCUT2D eigenvalue weighted by atomic mass is 16.4. The first kappa shape index (κ1) is 12.5. The molecule has 0 spiro atoms. The molecule has 0 amide bonds. The number of rotatable bonds is 6. The van der Waals surface area contributed by atoms with Crippen molar-refractivity contribution in [2.75, 3.05) is 6.61 Å². The van der Waals surface area contributed by atoms with Crippen LogP contribution in [-0.2, 0) is 4.79 Å². The van der Waals surface area contributed by atoms with Crippen molar-refractivity contribution in [3.8, 4) is 0 Å². The molecule has 0 saturated heterocycles. The number of carboxylic acids is 1. The quantitative estimate of drug-likeness (QED) is 0.666. The molecule has 87 valence electrons. The van der Waals surface area contributed by atoms with Gasteiger partial charge in [0.2, 0.25) is 0 Å². The Morgan fingerprint density at radius 2 is 1.87 bits per heavy atom. The minimum absolute atomic E-state index is 0.216. The van der Waals surface area contributed by atoms with Crippen LogP contribution in [0, 0.1) is 11.8 Å². The van der Waals surface area contributed by atoms with Crippen molar-refractivity contribution in [1.82, 2.24) is 0 Å². The summed E-state index contributed by atoms with van der Waals surface area (Å²) in [6.07, 6.45) is 9.08. The van der Waals surface area contributed by atoms with Crippen LogP contribution in [0.25, 0.3) is 0 Å². The minimum atomic E-state index is -0.625. The zero-order valence-corrected chi connectivity index (χ0v) is 9.24. The molecular formula is C12H21O3. The standard InChI is InChI=1S/C12H21O3/c13-10-6-2-5-9-12(11(14)15)7-3-1-4-8-12/h1,13H,2-10H2,(H,14,15). The van der Waals surface area contributed by atoms with Crippen molar-refractivity contribution in [2.45, 2.75) is 51.4 Å². The Morgan fingerprint density at radius 3 is 2.40 bits per heavy atom. The summed E-state index contributed by atoms with van der Waals surface area (Å²) in [5, 5.41) is 17.9. The van der Waals surface area contributed by atoms with Gasteiger partial charge in [-0.15, -0.1) is 0 Å². The van der Waals surface area contributed by atoms with Gasteiger partial charge in [-0.3, -0.25) is 4.79 Å². The highest BCUT2D eigenvalue weighted by Crippen LogP contribution is 2.40. The predicted molar refractivity (Wildman–Crippen MR) is 58.4 cm³/mol. The van der Waals surface area contributed by atoms with E-state index in [1.165, 1.54) is 0 Å². The van der Waals surface area contributed by atoms with Gasteiger partial charge in [-0.2, -0.15) is 0 Å². The molecule has 0 aromatic heterocycles. The topological polar surface area (TPSA) is 57.5 Å². The van der Waals surface area contributed by atoms with Crippen molar-refractivity contribution in [3.63, 3.8) is 0 Å². The molecule has 3 nitrogen and oxygen atoms in total. The number of carbonyl (C=O) groups is 1. The Labute approximate surface area is 91.5 Å². The first-order chi connectivity index (χ1) is 7.21. The Hall–Kier alpha value is -0.570. The molecule has 0 aromatic carbocycles. The van der Waals surface area contributed by atoms with Crippen LogP contribution in [0.1, 0.15) is 51.4 Å². The minimum Gasteiger partial charge on any atom is -0.481 e. The second-order valence-corrected chi connectivity index (χ2v) is 4.49. The lowest BCUT2D eigenvalue weighted by Gasteiger charge is -2.33. The lowest BCUT2D eigenvalue weighted by molar-refractivity contribution is -0.151. The first-order valence-electron chi connectivity index (χ1n) is 5.87. The molecular weight excluding hydrogens is 192 g/mol. The molecule has 1 saturated carbocycles. The average Bonchev–Trinajstić information content (AvgIpc) is 2.26. The van der Waals surface area contributed by atoms with E-state index in [-0.39, 0.29) is 6.61 Å². The number of unbranched alkanes of at least 4 members (excludes halogenated alkanes) is 2. The highest BCUT2D eigenvalue weighted by Gasteiger charge is 2.38. The molecule has 0 bridgehead atoms. The van der Waals surface area contributed by atoms with E-state index in [9.17, 15) is 9.90 Å². The summed E-state index contributed by atoms with van der Waals surface area (Å²) in [5.74, 6) is -0.625. The molecule has 3 heteroatoms. The van der Waals surface area contributed by atoms with Crippen molar-refractivity contribution in [3.05, 3.63) is 6.42 Å². The molecule has 1 radical (unpaired) electrons. The monoisotopic (exact) mass is 213 g/mol. The van der Waals surface area contributed by atoms with Gasteiger partial charge in [-0.1, -0.05) is 12.8 Å². The van der Waals surface area contributed by atoms with Gasteiger partial charge in [0.15, 0.2) is 0 Å². The normalized spacial score (nSPS) is 20.1. The lowest BCUT2D eigenvalue weighted by atomic mass is 9.71. The molecule has 0 aliphatic heterocycles. The van der Waals surface area contributed by atoms with Crippen molar-refractivity contribution in [1.29, 1.82) is 0 Å². The second-order valence-electron chi connectivity index (χ2n) is 4.49. The molecule has 1 fully saturated rings. The van der Waals surface area contributed by atoms with Crippen LogP contribution in [0.5, 0.6) is 0 Å². The lowest BCUT2D eigenvalue weighted by Crippen LogP contribution is -2.33. The predicted octanol–water partition coefficient (Wildman–Crippen LogP) is 2.39. The van der Waals surface area contributed by atoms with E-state index < -0.39 is 11.4 Å². The Morgan fingerprint density at radius 1 is 1.20 bits per heavy atom. The third-order valence-electron chi connectivity index (χ3n) is 3.42. The van der Waals surface area contributed by atoms with E-state index in [2.05, 4.69) is 6.42 Å². The molecule has 1 rings (SSSR count). The summed E-state index contributed by atoms with van der Waals surface area (Å²) in [6.45, 7) is 0.216. The van der Waals surface area contributed by atoms with Crippen LogP contribution >= 0.6 is 0 Å². The maximum atomic E-state index is 11.3. The van der Waals surface area contributed by atoms with Gasteiger partial charge < -0.3 is 10.2 Å². The van der Waals surface area contributed by atoms with Gasteiger partial charge in [-0.25, -0.2) is 0 Å². The van der Waals surface area contributed by atoms with Gasteiger partial charge in [0.25, 0.3) is 0 Å². The summed E-state index contributed by atoms with van der Waals surface area (Å²) in [5.41, 5.74) is -0.468. The summed E-state index contributed by atoms with van der Waals surface area (Å²) in [6, 6.07) is 0. The summed E-state index contributed by atoms with van der Waals surface area (Å²) < 4.78 is 0. The van der Waals surface area contributed by atoms with E-state index in [0.717, 1.165) is 51.4 Å². The van der Waals surface area contributed by atoms with Gasteiger partial charge in [-0.05, 0) is 44.9 Å². The van der Waals surface area contributed by atoms with Crippen LogP contribution < -0.4 is 0 Å². The van der Waals surface area contributed by atoms with Gasteiger partial charge in [0.1, 0.15) is 0 Å². The number of hydrogen-bond donors (Lipinski definition) is 2. The van der Waals surface area contributed by atoms with Gasteiger partial charge in [0, 0.05) is 6.61 Å².